The Kier molecular flexibility index (Phi) is 5.66. The van der Waals surface area contributed by atoms with Crippen molar-refractivity contribution in [3.63, 3.8) is 0 Å². The van der Waals surface area contributed by atoms with Gasteiger partial charge in [0.15, 0.2) is 0 Å². The summed E-state index contributed by atoms with van der Waals surface area (Å²) in [7, 11) is 0. The smallest absolute Gasteiger partial charge is 0.249 e. The van der Waals surface area contributed by atoms with Crippen LogP contribution in [0.5, 0.6) is 0 Å². The molecule has 5 nitrogen and oxygen atoms in total. The third kappa shape index (κ3) is 4.30. The second-order valence-corrected chi connectivity index (χ2v) is 12.2. The Morgan fingerprint density at radius 3 is 2.65 bits per heavy atom. The van der Waals surface area contributed by atoms with Crippen molar-refractivity contribution in [2.24, 2.45) is 17.3 Å². The fraction of sp³-hybridized carbons (Fsp3) is 0.625. The average Bonchev–Trinajstić information content (AvgIpc) is 3.14. The molecule has 0 N–H and O–H groups in total. The maximum Gasteiger partial charge on any atom is 0.249 e. The Bertz CT molecular complexity index is 963. The predicted molar refractivity (Wildman–Crippen MR) is 124 cm³/mol. The Morgan fingerprint density at radius 1 is 1.23 bits per heavy atom. The molecule has 2 aromatic rings. The van der Waals surface area contributed by atoms with Gasteiger partial charge < -0.3 is 9.32 Å². The lowest BCUT2D eigenvalue weighted by atomic mass is 9.48. The minimum atomic E-state index is 0.161. The molecule has 1 aromatic heterocycles. The SMILES string of the molecule is CCCN(Cc1nnc(-c2ccccc2Cl)o1)C(=O)CC12CC3CC(CC(Br)(C3)C1)C2. The molecule has 4 aliphatic carbocycles. The predicted octanol–water partition coefficient (Wildman–Crippen LogP) is 6.25. The number of amides is 1. The maximum absolute atomic E-state index is 13.5. The van der Waals surface area contributed by atoms with Crippen LogP contribution in [0.1, 0.15) is 64.2 Å². The van der Waals surface area contributed by atoms with Gasteiger partial charge in [-0.05, 0) is 74.3 Å². The molecular formula is C24H29BrClN3O2. The third-order valence-electron chi connectivity index (χ3n) is 7.38. The van der Waals surface area contributed by atoms with E-state index >= 15 is 0 Å². The summed E-state index contributed by atoms with van der Waals surface area (Å²) in [6.07, 6.45) is 9.01. The highest BCUT2D eigenvalue weighted by molar-refractivity contribution is 9.10. The molecule has 4 bridgehead atoms. The number of halogens is 2. The van der Waals surface area contributed by atoms with Crippen LogP contribution in [0.15, 0.2) is 28.7 Å². The summed E-state index contributed by atoms with van der Waals surface area (Å²) in [5.41, 5.74) is 0.876. The van der Waals surface area contributed by atoms with E-state index in [1.165, 1.54) is 32.1 Å². The fourth-order valence-electron chi connectivity index (χ4n) is 6.76. The maximum atomic E-state index is 13.5. The summed E-state index contributed by atoms with van der Waals surface area (Å²) in [5, 5.41) is 8.94. The van der Waals surface area contributed by atoms with Gasteiger partial charge >= 0.3 is 0 Å². The standard InChI is InChI=1S/C24H29BrClN3O2/c1-2-7-29(14-20-27-28-22(31-20)18-5-3-4-6-19(18)26)21(30)13-23-9-16-8-17(10-23)12-24(25,11-16)15-23/h3-6,16-17H,2,7-15H2,1H3. The van der Waals surface area contributed by atoms with E-state index in [4.69, 9.17) is 16.0 Å². The number of aromatic nitrogens is 2. The van der Waals surface area contributed by atoms with Crippen molar-refractivity contribution < 1.29 is 9.21 Å². The lowest BCUT2D eigenvalue weighted by molar-refractivity contribution is -0.139. The molecule has 0 aliphatic heterocycles. The van der Waals surface area contributed by atoms with Gasteiger partial charge in [-0.1, -0.05) is 46.6 Å². The van der Waals surface area contributed by atoms with E-state index in [-0.39, 0.29) is 15.6 Å². The van der Waals surface area contributed by atoms with E-state index in [1.54, 1.807) is 6.07 Å². The third-order valence-corrected chi connectivity index (χ3v) is 8.64. The van der Waals surface area contributed by atoms with Gasteiger partial charge in [-0.3, -0.25) is 4.79 Å². The van der Waals surface area contributed by atoms with Crippen molar-refractivity contribution in [1.82, 2.24) is 15.1 Å². The molecule has 2 unspecified atom stereocenters. The molecule has 0 saturated heterocycles. The quantitative estimate of drug-likeness (QED) is 0.416. The van der Waals surface area contributed by atoms with Crippen molar-refractivity contribution in [2.45, 2.75) is 69.2 Å². The Morgan fingerprint density at radius 2 is 1.97 bits per heavy atom. The fourth-order valence-corrected chi connectivity index (χ4v) is 8.49. The number of rotatable bonds is 7. The van der Waals surface area contributed by atoms with Crippen LogP contribution in [-0.4, -0.2) is 31.9 Å². The van der Waals surface area contributed by atoms with Gasteiger partial charge in [-0.25, -0.2) is 0 Å². The van der Waals surface area contributed by atoms with Gasteiger partial charge in [-0.15, -0.1) is 10.2 Å². The van der Waals surface area contributed by atoms with Gasteiger partial charge in [-0.2, -0.15) is 0 Å². The summed E-state index contributed by atoms with van der Waals surface area (Å²) < 4.78 is 6.15. The van der Waals surface area contributed by atoms with E-state index < -0.39 is 0 Å². The Balaban J connectivity index is 1.30. The minimum Gasteiger partial charge on any atom is -0.419 e. The van der Waals surface area contributed by atoms with Crippen LogP contribution in [0.4, 0.5) is 0 Å². The van der Waals surface area contributed by atoms with Gasteiger partial charge in [0.2, 0.25) is 17.7 Å². The molecule has 1 aromatic carbocycles. The average molecular weight is 507 g/mol. The van der Waals surface area contributed by atoms with Gasteiger partial charge in [0.1, 0.15) is 0 Å². The van der Waals surface area contributed by atoms with Crippen LogP contribution < -0.4 is 0 Å². The van der Waals surface area contributed by atoms with E-state index in [9.17, 15) is 4.79 Å². The summed E-state index contributed by atoms with van der Waals surface area (Å²) in [5.74, 6) is 2.63. The van der Waals surface area contributed by atoms with Crippen LogP contribution in [0.2, 0.25) is 5.02 Å². The number of carbonyl (C=O) groups is 1. The van der Waals surface area contributed by atoms with Crippen LogP contribution in [0.3, 0.4) is 0 Å². The van der Waals surface area contributed by atoms with Crippen LogP contribution in [0, 0.1) is 17.3 Å². The number of carbonyl (C=O) groups excluding carboxylic acids is 1. The van der Waals surface area contributed by atoms with E-state index in [0.717, 1.165) is 24.7 Å². The van der Waals surface area contributed by atoms with Crippen molar-refractivity contribution >= 4 is 33.4 Å². The highest BCUT2D eigenvalue weighted by Crippen LogP contribution is 2.65. The first-order chi connectivity index (χ1) is 14.9. The first-order valence-corrected chi connectivity index (χ1v) is 12.6. The monoisotopic (exact) mass is 505 g/mol. The Labute approximate surface area is 197 Å². The van der Waals surface area contributed by atoms with E-state index in [1.807, 2.05) is 23.1 Å². The summed E-state index contributed by atoms with van der Waals surface area (Å²) in [4.78, 5) is 15.4. The minimum absolute atomic E-state index is 0.161. The highest BCUT2D eigenvalue weighted by atomic mass is 79.9. The van der Waals surface area contributed by atoms with E-state index in [0.29, 0.717) is 41.9 Å². The first kappa shape index (κ1) is 21.4. The number of alkyl halides is 1. The second-order valence-electron chi connectivity index (χ2n) is 10.1. The largest absolute Gasteiger partial charge is 0.419 e. The highest BCUT2D eigenvalue weighted by Gasteiger charge is 2.57. The first-order valence-electron chi connectivity index (χ1n) is 11.4. The molecule has 1 amide bonds. The van der Waals surface area contributed by atoms with Crippen molar-refractivity contribution in [1.29, 1.82) is 0 Å². The molecule has 4 saturated carbocycles. The molecule has 0 radical (unpaired) electrons. The molecular weight excluding hydrogens is 478 g/mol. The zero-order chi connectivity index (χ0) is 21.6. The summed E-state index contributed by atoms with van der Waals surface area (Å²) >= 11 is 10.3. The number of benzene rings is 1. The Hall–Kier alpha value is -1.40. The van der Waals surface area contributed by atoms with Crippen LogP contribution in [0.25, 0.3) is 11.5 Å². The number of hydrogen-bond donors (Lipinski definition) is 0. The van der Waals surface area contributed by atoms with Crippen molar-refractivity contribution in [3.05, 3.63) is 35.2 Å². The van der Waals surface area contributed by atoms with E-state index in [2.05, 4.69) is 33.1 Å². The normalized spacial score (nSPS) is 31.2. The topological polar surface area (TPSA) is 59.2 Å². The van der Waals surface area contributed by atoms with Crippen molar-refractivity contribution in [2.75, 3.05) is 6.54 Å². The lowest BCUT2D eigenvalue weighted by Gasteiger charge is -2.60. The molecule has 31 heavy (non-hydrogen) atoms. The molecule has 1 heterocycles. The summed E-state index contributed by atoms with van der Waals surface area (Å²) in [6, 6.07) is 7.42. The number of hydrogen-bond acceptors (Lipinski definition) is 4. The van der Waals surface area contributed by atoms with Crippen LogP contribution >= 0.6 is 27.5 Å². The van der Waals surface area contributed by atoms with Gasteiger partial charge in [0.05, 0.1) is 17.1 Å². The molecule has 6 rings (SSSR count). The lowest BCUT2D eigenvalue weighted by Crippen LogP contribution is -2.54. The molecule has 4 fully saturated rings. The van der Waals surface area contributed by atoms with Gasteiger partial charge in [0, 0.05) is 17.3 Å². The zero-order valence-electron chi connectivity index (χ0n) is 17.9. The molecule has 2 atom stereocenters. The summed E-state index contributed by atoms with van der Waals surface area (Å²) in [6.45, 7) is 3.15. The van der Waals surface area contributed by atoms with Crippen LogP contribution in [-0.2, 0) is 11.3 Å². The number of nitrogens with zero attached hydrogens (tertiary/aromatic N) is 3. The van der Waals surface area contributed by atoms with Gasteiger partial charge in [0.25, 0.3) is 0 Å². The molecule has 166 valence electrons. The van der Waals surface area contributed by atoms with Crippen molar-refractivity contribution in [3.8, 4) is 11.5 Å². The second kappa shape index (κ2) is 8.18. The zero-order valence-corrected chi connectivity index (χ0v) is 20.3. The molecule has 0 spiro atoms. The molecule has 7 heteroatoms. The molecule has 4 aliphatic rings.